The summed E-state index contributed by atoms with van der Waals surface area (Å²) < 4.78 is 11.0. The van der Waals surface area contributed by atoms with Crippen molar-refractivity contribution in [2.75, 3.05) is 12.4 Å². The van der Waals surface area contributed by atoms with Crippen molar-refractivity contribution < 1.29 is 14.3 Å². The number of hydrogen-bond acceptors (Lipinski definition) is 5. The summed E-state index contributed by atoms with van der Waals surface area (Å²) in [6.45, 7) is 2.41. The summed E-state index contributed by atoms with van der Waals surface area (Å²) in [5.74, 6) is 1.27. The molecule has 0 fully saturated rings. The number of anilines is 1. The van der Waals surface area contributed by atoms with Gasteiger partial charge in [-0.1, -0.05) is 30.3 Å². The highest BCUT2D eigenvalue weighted by Crippen LogP contribution is 2.24. The second-order valence-electron chi connectivity index (χ2n) is 8.10. The monoisotopic (exact) mass is 464 g/mol. The van der Waals surface area contributed by atoms with Crippen molar-refractivity contribution in [3.05, 3.63) is 108 Å². The van der Waals surface area contributed by atoms with Crippen molar-refractivity contribution >= 4 is 22.6 Å². The molecule has 1 aromatic heterocycles. The number of aromatic nitrogens is 3. The van der Waals surface area contributed by atoms with E-state index in [9.17, 15) is 4.79 Å². The summed E-state index contributed by atoms with van der Waals surface area (Å²) in [5, 5.41) is 12.1. The molecule has 0 saturated heterocycles. The highest BCUT2D eigenvalue weighted by Gasteiger charge is 2.12. The molecule has 0 atom stereocenters. The molecular formula is C28H24N4O3. The third kappa shape index (κ3) is 4.99. The molecule has 7 nitrogen and oxygen atoms in total. The summed E-state index contributed by atoms with van der Waals surface area (Å²) >= 11 is 0. The SMILES string of the molecule is COc1ccc(-n2nc3cc(C)c(NC(=O)c4ccc(OCc5ccccc5)cc4)cc3n2)cc1. The molecule has 1 amide bonds. The molecular weight excluding hydrogens is 440 g/mol. The third-order valence-corrected chi connectivity index (χ3v) is 5.64. The molecule has 0 bridgehead atoms. The first kappa shape index (κ1) is 22.2. The normalized spacial score (nSPS) is 10.8. The Kier molecular flexibility index (Phi) is 6.13. The second-order valence-corrected chi connectivity index (χ2v) is 8.10. The Hall–Kier alpha value is -4.65. The predicted octanol–water partition coefficient (Wildman–Crippen LogP) is 5.57. The zero-order valence-electron chi connectivity index (χ0n) is 19.4. The topological polar surface area (TPSA) is 78.3 Å². The maximum atomic E-state index is 12.9. The van der Waals surface area contributed by atoms with Gasteiger partial charge in [0, 0.05) is 11.3 Å². The van der Waals surface area contributed by atoms with E-state index in [0.29, 0.717) is 29.1 Å². The van der Waals surface area contributed by atoms with Gasteiger partial charge in [0.05, 0.1) is 12.8 Å². The Bertz CT molecular complexity index is 1460. The average molecular weight is 465 g/mol. The number of fused-ring (bicyclic) bond motifs is 1. The molecule has 7 heteroatoms. The van der Waals surface area contributed by atoms with E-state index >= 15 is 0 Å². The number of nitrogens with zero attached hydrogens (tertiary/aromatic N) is 3. The standard InChI is InChI=1S/C28H24N4O3/c1-19-16-26-27(31-32(30-26)22-10-14-23(34-2)15-11-22)17-25(19)29-28(33)21-8-12-24(13-9-21)35-18-20-6-4-3-5-7-20/h3-17H,18H2,1-2H3,(H,29,33). The van der Waals surface area contributed by atoms with E-state index in [1.54, 1.807) is 36.2 Å². The Morgan fingerprint density at radius 2 is 1.51 bits per heavy atom. The predicted molar refractivity (Wildman–Crippen MR) is 135 cm³/mol. The molecule has 0 unspecified atom stereocenters. The zero-order chi connectivity index (χ0) is 24.2. The molecule has 35 heavy (non-hydrogen) atoms. The van der Waals surface area contributed by atoms with Gasteiger partial charge >= 0.3 is 0 Å². The Morgan fingerprint density at radius 1 is 0.857 bits per heavy atom. The number of ether oxygens (including phenoxy) is 2. The number of aryl methyl sites for hydroxylation is 1. The van der Waals surface area contributed by atoms with E-state index in [0.717, 1.165) is 28.1 Å². The minimum atomic E-state index is -0.204. The highest BCUT2D eigenvalue weighted by atomic mass is 16.5. The van der Waals surface area contributed by atoms with Crippen molar-refractivity contribution in [1.82, 2.24) is 15.0 Å². The first-order valence-corrected chi connectivity index (χ1v) is 11.2. The molecule has 0 spiro atoms. The summed E-state index contributed by atoms with van der Waals surface area (Å²) in [4.78, 5) is 14.4. The van der Waals surface area contributed by atoms with Crippen molar-refractivity contribution in [2.45, 2.75) is 13.5 Å². The molecule has 0 radical (unpaired) electrons. The quantitative estimate of drug-likeness (QED) is 0.341. The first-order valence-electron chi connectivity index (χ1n) is 11.2. The minimum Gasteiger partial charge on any atom is -0.497 e. The van der Waals surface area contributed by atoms with Crippen LogP contribution in [0.15, 0.2) is 91.0 Å². The van der Waals surface area contributed by atoms with E-state index in [2.05, 4.69) is 15.5 Å². The number of hydrogen-bond donors (Lipinski definition) is 1. The van der Waals surface area contributed by atoms with Crippen molar-refractivity contribution in [3.8, 4) is 17.2 Å². The lowest BCUT2D eigenvalue weighted by molar-refractivity contribution is 0.102. The van der Waals surface area contributed by atoms with Crippen molar-refractivity contribution in [1.29, 1.82) is 0 Å². The molecule has 174 valence electrons. The second kappa shape index (κ2) is 9.69. The highest BCUT2D eigenvalue weighted by molar-refractivity contribution is 6.05. The maximum Gasteiger partial charge on any atom is 0.255 e. The molecule has 0 aliphatic carbocycles. The van der Waals surface area contributed by atoms with E-state index in [4.69, 9.17) is 9.47 Å². The summed E-state index contributed by atoms with van der Waals surface area (Å²) in [6, 6.07) is 28.3. The Labute approximate surface area is 202 Å². The van der Waals surface area contributed by atoms with Crippen LogP contribution in [0.4, 0.5) is 5.69 Å². The molecule has 0 aliphatic heterocycles. The van der Waals surface area contributed by atoms with Crippen LogP contribution in [-0.4, -0.2) is 28.0 Å². The largest absolute Gasteiger partial charge is 0.497 e. The molecule has 5 rings (SSSR count). The minimum absolute atomic E-state index is 0.204. The molecule has 1 heterocycles. The van der Waals surface area contributed by atoms with Crippen LogP contribution in [-0.2, 0) is 6.61 Å². The number of amides is 1. The van der Waals surface area contributed by atoms with Gasteiger partial charge in [0.1, 0.15) is 29.1 Å². The number of methoxy groups -OCH3 is 1. The Balaban J connectivity index is 1.29. The number of benzene rings is 4. The summed E-state index contributed by atoms with van der Waals surface area (Å²) in [7, 11) is 1.63. The van der Waals surface area contributed by atoms with E-state index < -0.39 is 0 Å². The number of carbonyl (C=O) groups excluding carboxylic acids is 1. The fourth-order valence-corrected chi connectivity index (χ4v) is 3.67. The van der Waals surface area contributed by atoms with Gasteiger partial charge in [-0.3, -0.25) is 4.79 Å². The van der Waals surface area contributed by atoms with Crippen LogP contribution < -0.4 is 14.8 Å². The van der Waals surface area contributed by atoms with Gasteiger partial charge in [0.15, 0.2) is 0 Å². The lowest BCUT2D eigenvalue weighted by Crippen LogP contribution is -2.12. The molecule has 0 aliphatic rings. The van der Waals surface area contributed by atoms with Crippen LogP contribution in [0.1, 0.15) is 21.5 Å². The molecule has 1 N–H and O–H groups in total. The molecule has 5 aromatic rings. The van der Waals surface area contributed by atoms with Gasteiger partial charge in [-0.05, 0) is 78.7 Å². The maximum absolute atomic E-state index is 12.9. The van der Waals surface area contributed by atoms with Gasteiger partial charge in [-0.2, -0.15) is 4.80 Å². The van der Waals surface area contributed by atoms with Crippen molar-refractivity contribution in [3.63, 3.8) is 0 Å². The van der Waals surface area contributed by atoms with Crippen LogP contribution in [0.2, 0.25) is 0 Å². The lowest BCUT2D eigenvalue weighted by Gasteiger charge is -2.10. The van der Waals surface area contributed by atoms with Gasteiger partial charge in [0.2, 0.25) is 0 Å². The smallest absolute Gasteiger partial charge is 0.255 e. The van der Waals surface area contributed by atoms with Crippen molar-refractivity contribution in [2.24, 2.45) is 0 Å². The summed E-state index contributed by atoms with van der Waals surface area (Å²) in [6.07, 6.45) is 0. The van der Waals surface area contributed by atoms with Crippen LogP contribution in [0, 0.1) is 6.92 Å². The third-order valence-electron chi connectivity index (χ3n) is 5.64. The molecule has 4 aromatic carbocycles. The van der Waals surface area contributed by atoms with Crippen LogP contribution in [0.5, 0.6) is 11.5 Å². The number of rotatable bonds is 7. The first-order chi connectivity index (χ1) is 17.1. The molecule has 0 saturated carbocycles. The summed E-state index contributed by atoms with van der Waals surface area (Å²) in [5.41, 5.74) is 5.47. The van der Waals surface area contributed by atoms with Gasteiger partial charge in [-0.25, -0.2) is 0 Å². The van der Waals surface area contributed by atoms with Crippen LogP contribution >= 0.6 is 0 Å². The van der Waals surface area contributed by atoms with E-state index in [1.165, 1.54) is 0 Å². The number of carbonyl (C=O) groups is 1. The number of nitrogens with one attached hydrogen (secondary N) is 1. The fraction of sp³-hybridized carbons (Fsp3) is 0.107. The van der Waals surface area contributed by atoms with E-state index in [-0.39, 0.29) is 5.91 Å². The fourth-order valence-electron chi connectivity index (χ4n) is 3.67. The van der Waals surface area contributed by atoms with E-state index in [1.807, 2.05) is 73.7 Å². The average Bonchev–Trinajstić information content (AvgIpc) is 3.31. The van der Waals surface area contributed by atoms with Gasteiger partial charge < -0.3 is 14.8 Å². The zero-order valence-corrected chi connectivity index (χ0v) is 19.4. The lowest BCUT2D eigenvalue weighted by atomic mass is 10.1. The van der Waals surface area contributed by atoms with Crippen LogP contribution in [0.25, 0.3) is 16.7 Å². The van der Waals surface area contributed by atoms with Gasteiger partial charge in [0.25, 0.3) is 5.91 Å². The van der Waals surface area contributed by atoms with Gasteiger partial charge in [-0.15, -0.1) is 10.2 Å². The Morgan fingerprint density at radius 3 is 2.20 bits per heavy atom. The van der Waals surface area contributed by atoms with Crippen LogP contribution in [0.3, 0.4) is 0 Å².